The first-order valence-electron chi connectivity index (χ1n) is 11.6. The largest absolute Gasteiger partial charge is 0.381 e. The molecule has 0 spiro atoms. The van der Waals surface area contributed by atoms with Gasteiger partial charge in [0.2, 0.25) is 0 Å². The zero-order valence-electron chi connectivity index (χ0n) is 19.0. The van der Waals surface area contributed by atoms with Crippen LogP contribution in [0.1, 0.15) is 51.4 Å². The average Bonchev–Trinajstić information content (AvgIpc) is 2.75. The van der Waals surface area contributed by atoms with Gasteiger partial charge in [0, 0.05) is 45.9 Å². The lowest BCUT2D eigenvalue weighted by Gasteiger charge is -2.50. The van der Waals surface area contributed by atoms with Crippen LogP contribution in [0.4, 0.5) is 0 Å². The van der Waals surface area contributed by atoms with Crippen molar-refractivity contribution in [3.05, 3.63) is 0 Å². The maximum atomic E-state index is 5.50. The molecule has 0 bridgehead atoms. The van der Waals surface area contributed by atoms with Crippen molar-refractivity contribution in [1.29, 1.82) is 0 Å². The zero-order valence-corrected chi connectivity index (χ0v) is 21.3. The molecule has 0 aliphatic carbocycles. The number of hydrogen-bond acceptors (Lipinski definition) is 4. The molecule has 3 rings (SSSR count). The Bertz CT molecular complexity index is 484. The van der Waals surface area contributed by atoms with E-state index < -0.39 is 0 Å². The normalized spacial score (nSPS) is 24.7. The first-order valence-corrected chi connectivity index (χ1v) is 11.6. The summed E-state index contributed by atoms with van der Waals surface area (Å²) >= 11 is 0. The summed E-state index contributed by atoms with van der Waals surface area (Å²) in [7, 11) is 6.38. The van der Waals surface area contributed by atoms with Crippen molar-refractivity contribution in [2.75, 3.05) is 73.6 Å². The maximum Gasteiger partial charge on any atom is 0.193 e. The van der Waals surface area contributed by atoms with Crippen molar-refractivity contribution in [2.45, 2.75) is 56.9 Å². The molecule has 1 N–H and O–H groups in total. The number of hydrogen-bond donors (Lipinski definition) is 1. The number of nitrogens with one attached hydrogen (secondary N) is 1. The summed E-state index contributed by atoms with van der Waals surface area (Å²) in [6.45, 7) is 8.92. The van der Waals surface area contributed by atoms with Gasteiger partial charge in [-0.3, -0.25) is 9.89 Å². The molecule has 3 saturated heterocycles. The predicted octanol–water partition coefficient (Wildman–Crippen LogP) is 2.88. The Balaban J connectivity index is 0.00000300. The van der Waals surface area contributed by atoms with Crippen molar-refractivity contribution in [3.63, 3.8) is 0 Å². The molecule has 3 aliphatic rings. The van der Waals surface area contributed by atoms with Gasteiger partial charge in [0.25, 0.3) is 0 Å². The second kappa shape index (κ2) is 12.7. The molecule has 3 fully saturated rings. The van der Waals surface area contributed by atoms with E-state index >= 15 is 0 Å². The summed E-state index contributed by atoms with van der Waals surface area (Å²) in [4.78, 5) is 12.2. The van der Waals surface area contributed by atoms with Gasteiger partial charge in [-0.05, 0) is 84.1 Å². The van der Waals surface area contributed by atoms with E-state index in [4.69, 9.17) is 4.74 Å². The average molecular weight is 522 g/mol. The van der Waals surface area contributed by atoms with Gasteiger partial charge in [0.1, 0.15) is 0 Å². The highest BCUT2D eigenvalue weighted by Gasteiger charge is 2.39. The van der Waals surface area contributed by atoms with E-state index in [9.17, 15) is 0 Å². The Morgan fingerprint density at radius 3 is 2.38 bits per heavy atom. The van der Waals surface area contributed by atoms with Crippen LogP contribution in [-0.2, 0) is 4.74 Å². The Hall–Kier alpha value is -0.120. The summed E-state index contributed by atoms with van der Waals surface area (Å²) < 4.78 is 5.50. The minimum atomic E-state index is 0. The van der Waals surface area contributed by atoms with Gasteiger partial charge in [-0.1, -0.05) is 6.42 Å². The molecule has 0 radical (unpaired) electrons. The zero-order chi connectivity index (χ0) is 19.8. The number of aliphatic imine (C=N–C) groups is 1. The SMILES string of the molecule is CN=C(NCC1(N2CCCCC2)CCN(C)CC1)N(C)CCC1CCOCC1.I. The second-order valence-corrected chi connectivity index (χ2v) is 9.24. The van der Waals surface area contributed by atoms with Crippen LogP contribution in [0.3, 0.4) is 0 Å². The van der Waals surface area contributed by atoms with Gasteiger partial charge in [0.15, 0.2) is 5.96 Å². The minimum absolute atomic E-state index is 0. The Morgan fingerprint density at radius 2 is 1.76 bits per heavy atom. The quantitative estimate of drug-likeness (QED) is 0.331. The van der Waals surface area contributed by atoms with Crippen LogP contribution in [0.25, 0.3) is 0 Å². The summed E-state index contributed by atoms with van der Waals surface area (Å²) in [5, 5.41) is 3.77. The molecule has 7 heteroatoms. The lowest BCUT2D eigenvalue weighted by Crippen LogP contribution is -2.62. The van der Waals surface area contributed by atoms with Crippen molar-refractivity contribution in [1.82, 2.24) is 20.0 Å². The van der Waals surface area contributed by atoms with Crippen LogP contribution in [0.2, 0.25) is 0 Å². The van der Waals surface area contributed by atoms with Gasteiger partial charge in [-0.25, -0.2) is 0 Å². The van der Waals surface area contributed by atoms with Gasteiger partial charge in [0.05, 0.1) is 0 Å². The smallest absolute Gasteiger partial charge is 0.193 e. The highest BCUT2D eigenvalue weighted by Crippen LogP contribution is 2.31. The number of rotatable bonds is 6. The monoisotopic (exact) mass is 521 g/mol. The molecule has 0 saturated carbocycles. The third kappa shape index (κ3) is 7.21. The van der Waals surface area contributed by atoms with Gasteiger partial charge < -0.3 is 19.9 Å². The number of ether oxygens (including phenoxy) is 1. The predicted molar refractivity (Wildman–Crippen MR) is 132 cm³/mol. The van der Waals surface area contributed by atoms with Crippen molar-refractivity contribution < 1.29 is 4.74 Å². The van der Waals surface area contributed by atoms with Gasteiger partial charge in [-0.15, -0.1) is 24.0 Å². The van der Waals surface area contributed by atoms with E-state index in [0.717, 1.165) is 38.2 Å². The van der Waals surface area contributed by atoms with Gasteiger partial charge in [-0.2, -0.15) is 0 Å². The molecule has 170 valence electrons. The molecule has 0 aromatic carbocycles. The fraction of sp³-hybridized carbons (Fsp3) is 0.955. The van der Waals surface area contributed by atoms with Crippen LogP contribution in [0.5, 0.6) is 0 Å². The fourth-order valence-corrected chi connectivity index (χ4v) is 5.15. The number of likely N-dealkylation sites (tertiary alicyclic amines) is 2. The molecule has 6 nitrogen and oxygen atoms in total. The third-order valence-corrected chi connectivity index (χ3v) is 7.31. The van der Waals surface area contributed by atoms with E-state index in [0.29, 0.717) is 5.54 Å². The number of guanidine groups is 1. The molecule has 0 atom stereocenters. The Kier molecular flexibility index (Phi) is 11.0. The molecule has 0 amide bonds. The molecule has 0 aromatic heterocycles. The fourth-order valence-electron chi connectivity index (χ4n) is 5.15. The second-order valence-electron chi connectivity index (χ2n) is 9.24. The summed E-state index contributed by atoms with van der Waals surface area (Å²) in [5.41, 5.74) is 0.296. The maximum absolute atomic E-state index is 5.50. The van der Waals surface area contributed by atoms with Gasteiger partial charge >= 0.3 is 0 Å². The van der Waals surface area contributed by atoms with Crippen LogP contribution >= 0.6 is 24.0 Å². The topological polar surface area (TPSA) is 43.3 Å². The van der Waals surface area contributed by atoms with Crippen LogP contribution in [-0.4, -0.2) is 99.8 Å². The summed E-state index contributed by atoms with van der Waals surface area (Å²) in [6.07, 6.45) is 10.3. The Labute approximate surface area is 195 Å². The number of halogens is 1. The van der Waals surface area contributed by atoms with Crippen LogP contribution in [0.15, 0.2) is 4.99 Å². The highest BCUT2D eigenvalue weighted by molar-refractivity contribution is 14.0. The first-order chi connectivity index (χ1) is 13.6. The van der Waals surface area contributed by atoms with E-state index in [1.54, 1.807) is 0 Å². The van der Waals surface area contributed by atoms with Crippen LogP contribution < -0.4 is 5.32 Å². The Morgan fingerprint density at radius 1 is 1.10 bits per heavy atom. The summed E-state index contributed by atoms with van der Waals surface area (Å²) in [5.74, 6) is 1.87. The number of nitrogens with zero attached hydrogens (tertiary/aromatic N) is 4. The first kappa shape index (κ1) is 25.1. The van der Waals surface area contributed by atoms with E-state index in [1.807, 2.05) is 7.05 Å². The third-order valence-electron chi connectivity index (χ3n) is 7.31. The standard InChI is InChI=1S/C22H43N5O.HI/c1-23-21(26(3)14-7-20-8-17-28-18-9-20)24-19-22(10-15-25(2)16-11-22)27-12-5-4-6-13-27;/h20H,4-19H2,1-3H3,(H,23,24);1H. The molecule has 3 heterocycles. The minimum Gasteiger partial charge on any atom is -0.381 e. The van der Waals surface area contributed by atoms with E-state index in [2.05, 4.69) is 39.1 Å². The molecular formula is C22H44IN5O. The number of piperidine rings is 2. The molecule has 0 unspecified atom stereocenters. The lowest BCUT2D eigenvalue weighted by atomic mass is 9.84. The lowest BCUT2D eigenvalue weighted by molar-refractivity contribution is 0.0169. The van der Waals surface area contributed by atoms with Crippen LogP contribution in [0, 0.1) is 5.92 Å². The van der Waals surface area contributed by atoms with E-state index in [1.165, 1.54) is 77.5 Å². The van der Waals surface area contributed by atoms with Crippen molar-refractivity contribution >= 4 is 29.9 Å². The molecule has 29 heavy (non-hydrogen) atoms. The van der Waals surface area contributed by atoms with Crippen molar-refractivity contribution in [3.8, 4) is 0 Å². The summed E-state index contributed by atoms with van der Waals surface area (Å²) in [6, 6.07) is 0. The molecule has 3 aliphatic heterocycles. The van der Waals surface area contributed by atoms with E-state index in [-0.39, 0.29) is 24.0 Å². The highest BCUT2D eigenvalue weighted by atomic mass is 127. The van der Waals surface area contributed by atoms with Crippen molar-refractivity contribution in [2.24, 2.45) is 10.9 Å². The molecular weight excluding hydrogens is 477 g/mol. The molecule has 0 aromatic rings.